The van der Waals surface area contributed by atoms with E-state index in [0.717, 1.165) is 63.1 Å². The van der Waals surface area contributed by atoms with Crippen LogP contribution in [-0.4, -0.2) is 63.1 Å². The normalized spacial score (nSPS) is 23.8. The van der Waals surface area contributed by atoms with E-state index in [1.54, 1.807) is 0 Å². The largest absolute Gasteiger partial charge is 0.342 e. The van der Waals surface area contributed by atoms with Gasteiger partial charge in [0.05, 0.1) is 11.4 Å². The molecule has 1 unspecified atom stereocenters. The third kappa shape index (κ3) is 6.24. The maximum Gasteiger partial charge on any atom is 0.245 e. The molecule has 2 aliphatic heterocycles. The zero-order chi connectivity index (χ0) is 27.4. The maximum absolute atomic E-state index is 13.7. The fraction of sp³-hybridized carbons (Fsp3) is 0.656. The molecule has 3 fully saturated rings. The van der Waals surface area contributed by atoms with Crippen molar-refractivity contribution in [3.05, 3.63) is 47.3 Å². The van der Waals surface area contributed by atoms with Crippen LogP contribution in [0.4, 0.5) is 0 Å². The molecule has 7 nitrogen and oxygen atoms in total. The maximum atomic E-state index is 13.7. The van der Waals surface area contributed by atoms with Crippen molar-refractivity contribution in [1.82, 2.24) is 24.9 Å². The van der Waals surface area contributed by atoms with Gasteiger partial charge in [0.15, 0.2) is 0 Å². The van der Waals surface area contributed by atoms with Crippen molar-refractivity contribution >= 4 is 11.8 Å². The smallest absolute Gasteiger partial charge is 0.245 e. The molecule has 5 rings (SSSR count). The summed E-state index contributed by atoms with van der Waals surface area (Å²) >= 11 is 0. The number of piperidine rings is 1. The first-order valence-corrected chi connectivity index (χ1v) is 15.4. The fourth-order valence-corrected chi connectivity index (χ4v) is 7.13. The summed E-state index contributed by atoms with van der Waals surface area (Å²) < 4.78 is 2.05. The van der Waals surface area contributed by atoms with Crippen LogP contribution < -0.4 is 5.32 Å². The van der Waals surface area contributed by atoms with Gasteiger partial charge in [-0.05, 0) is 76.6 Å². The molecule has 2 atom stereocenters. The summed E-state index contributed by atoms with van der Waals surface area (Å²) in [6.07, 6.45) is 10.9. The van der Waals surface area contributed by atoms with Crippen molar-refractivity contribution in [2.75, 3.05) is 19.6 Å². The molecule has 212 valence electrons. The third-order valence-electron chi connectivity index (χ3n) is 9.45. The molecule has 1 aliphatic carbocycles. The number of amides is 2. The van der Waals surface area contributed by atoms with Crippen molar-refractivity contribution in [1.29, 1.82) is 0 Å². The Bertz CT molecular complexity index is 1120. The molecule has 39 heavy (non-hydrogen) atoms. The topological polar surface area (TPSA) is 70.5 Å². The Labute approximate surface area is 234 Å². The Morgan fingerprint density at radius 2 is 1.69 bits per heavy atom. The summed E-state index contributed by atoms with van der Waals surface area (Å²) in [5.74, 6) is 1.03. The van der Waals surface area contributed by atoms with Crippen molar-refractivity contribution < 1.29 is 9.59 Å². The van der Waals surface area contributed by atoms with Crippen molar-refractivity contribution in [3.63, 3.8) is 0 Å². The Hall–Kier alpha value is -2.67. The molecular formula is C32H47N5O2. The minimum Gasteiger partial charge on any atom is -0.342 e. The highest BCUT2D eigenvalue weighted by Gasteiger charge is 2.45. The van der Waals surface area contributed by atoms with Crippen LogP contribution in [0.2, 0.25) is 0 Å². The lowest BCUT2D eigenvalue weighted by Crippen LogP contribution is -2.66. The predicted molar refractivity (Wildman–Crippen MR) is 155 cm³/mol. The summed E-state index contributed by atoms with van der Waals surface area (Å²) in [4.78, 5) is 31.7. The number of hydrogen-bond donors (Lipinski definition) is 1. The molecule has 2 amide bonds. The van der Waals surface area contributed by atoms with Gasteiger partial charge >= 0.3 is 0 Å². The molecule has 7 heteroatoms. The second kappa shape index (κ2) is 12.7. The summed E-state index contributed by atoms with van der Waals surface area (Å²) in [7, 11) is 0. The highest BCUT2D eigenvalue weighted by molar-refractivity contribution is 5.97. The first kappa shape index (κ1) is 27.9. The van der Waals surface area contributed by atoms with Gasteiger partial charge in [-0.1, -0.05) is 63.6 Å². The van der Waals surface area contributed by atoms with E-state index in [0.29, 0.717) is 12.5 Å². The molecular weight excluding hydrogens is 486 g/mol. The van der Waals surface area contributed by atoms with Gasteiger partial charge in [0.25, 0.3) is 0 Å². The first-order valence-electron chi connectivity index (χ1n) is 15.4. The number of likely N-dealkylation sites (tertiary alicyclic amines) is 1. The van der Waals surface area contributed by atoms with Crippen LogP contribution in [0.15, 0.2) is 30.3 Å². The van der Waals surface area contributed by atoms with Crippen molar-refractivity contribution in [3.8, 4) is 5.69 Å². The quantitative estimate of drug-likeness (QED) is 0.483. The van der Waals surface area contributed by atoms with E-state index >= 15 is 0 Å². The molecule has 0 spiro atoms. The Balaban J connectivity index is 1.23. The predicted octanol–water partition coefficient (Wildman–Crippen LogP) is 5.17. The van der Waals surface area contributed by atoms with E-state index in [9.17, 15) is 9.59 Å². The molecule has 3 aliphatic rings. The Morgan fingerprint density at radius 1 is 0.974 bits per heavy atom. The molecule has 2 saturated heterocycles. The number of para-hydroxylation sites is 1. The monoisotopic (exact) mass is 533 g/mol. The van der Waals surface area contributed by atoms with E-state index in [4.69, 9.17) is 5.10 Å². The van der Waals surface area contributed by atoms with E-state index in [2.05, 4.69) is 43.1 Å². The number of piperazine rings is 1. The van der Waals surface area contributed by atoms with Crippen LogP contribution in [0.5, 0.6) is 0 Å². The van der Waals surface area contributed by atoms with E-state index in [1.807, 2.05) is 27.8 Å². The van der Waals surface area contributed by atoms with Gasteiger partial charge < -0.3 is 10.2 Å². The van der Waals surface area contributed by atoms with Gasteiger partial charge in [0, 0.05) is 24.3 Å². The molecule has 1 aromatic heterocycles. The van der Waals surface area contributed by atoms with Crippen LogP contribution >= 0.6 is 0 Å². The number of carbonyl (C=O) groups excluding carboxylic acids is 2. The van der Waals surface area contributed by atoms with Crippen LogP contribution in [0.1, 0.15) is 88.1 Å². The number of unbranched alkanes of at least 4 members (excludes halogenated alkanes) is 1. The lowest BCUT2D eigenvalue weighted by atomic mass is 9.82. The number of nitrogens with zero attached hydrogens (tertiary/aromatic N) is 4. The molecule has 0 bridgehead atoms. The van der Waals surface area contributed by atoms with Gasteiger partial charge in [-0.15, -0.1) is 0 Å². The van der Waals surface area contributed by atoms with Crippen LogP contribution in [0, 0.1) is 25.7 Å². The minimum absolute atomic E-state index is 0.0841. The number of hydrogen-bond acceptors (Lipinski definition) is 4. The summed E-state index contributed by atoms with van der Waals surface area (Å²) in [5.41, 5.74) is 4.64. The molecule has 2 aromatic rings. The SMILES string of the molecule is CCCCN1C(=O)[C@H](CC2CCCCC2)NC(=O)C1C1CCN(Cc2c(C)nn(-c3ccccc3)c2C)CC1. The molecule has 3 heterocycles. The number of rotatable bonds is 9. The van der Waals surface area contributed by atoms with Gasteiger partial charge in [-0.3, -0.25) is 14.5 Å². The van der Waals surface area contributed by atoms with Gasteiger partial charge in [-0.25, -0.2) is 4.68 Å². The molecule has 1 saturated carbocycles. The average Bonchev–Trinajstić information content (AvgIpc) is 3.24. The summed E-state index contributed by atoms with van der Waals surface area (Å²) in [6, 6.07) is 9.65. The highest BCUT2D eigenvalue weighted by atomic mass is 16.2. The molecule has 1 aromatic carbocycles. The number of carbonyl (C=O) groups is 2. The Kier molecular flexibility index (Phi) is 9.06. The third-order valence-corrected chi connectivity index (χ3v) is 9.45. The average molecular weight is 534 g/mol. The Morgan fingerprint density at radius 3 is 2.38 bits per heavy atom. The number of benzene rings is 1. The standard InChI is InChI=1S/C32H47N5O2/c1-4-5-18-36-30(31(38)33-29(32(36)39)21-25-12-8-6-9-13-25)26-16-19-35(20-17-26)22-28-23(2)34-37(24(28)3)27-14-10-7-11-15-27/h7,10-11,14-15,25-26,29-30H,4-6,8-9,12-13,16-22H2,1-3H3,(H,33,38)/t29-,30?/m0/s1. The summed E-state index contributed by atoms with van der Waals surface area (Å²) in [5, 5.41) is 8.03. The van der Waals surface area contributed by atoms with Crippen LogP contribution in [0.3, 0.4) is 0 Å². The van der Waals surface area contributed by atoms with E-state index < -0.39 is 0 Å². The summed E-state index contributed by atoms with van der Waals surface area (Å²) in [6.45, 7) is 9.86. The van der Waals surface area contributed by atoms with Gasteiger partial charge in [0.1, 0.15) is 12.1 Å². The zero-order valence-corrected chi connectivity index (χ0v) is 24.2. The second-order valence-electron chi connectivity index (χ2n) is 12.1. The van der Waals surface area contributed by atoms with Crippen molar-refractivity contribution in [2.45, 2.75) is 104 Å². The van der Waals surface area contributed by atoms with Crippen LogP contribution in [0.25, 0.3) is 5.69 Å². The zero-order valence-electron chi connectivity index (χ0n) is 24.2. The lowest BCUT2D eigenvalue weighted by Gasteiger charge is -2.45. The molecule has 0 radical (unpaired) electrons. The minimum atomic E-state index is -0.333. The van der Waals surface area contributed by atoms with Crippen molar-refractivity contribution in [2.24, 2.45) is 11.8 Å². The van der Waals surface area contributed by atoms with E-state index in [-0.39, 0.29) is 29.8 Å². The fourth-order valence-electron chi connectivity index (χ4n) is 7.13. The number of aromatic nitrogens is 2. The van der Waals surface area contributed by atoms with Crippen LogP contribution in [-0.2, 0) is 16.1 Å². The molecule has 1 N–H and O–H groups in total. The lowest BCUT2D eigenvalue weighted by molar-refractivity contribution is -0.153. The second-order valence-corrected chi connectivity index (χ2v) is 12.1. The first-order chi connectivity index (χ1) is 19.0. The number of aryl methyl sites for hydroxylation is 1. The number of nitrogens with one attached hydrogen (secondary N) is 1. The van der Waals surface area contributed by atoms with Gasteiger partial charge in [0.2, 0.25) is 11.8 Å². The highest BCUT2D eigenvalue weighted by Crippen LogP contribution is 2.32. The van der Waals surface area contributed by atoms with E-state index in [1.165, 1.54) is 43.4 Å². The van der Waals surface area contributed by atoms with Gasteiger partial charge in [-0.2, -0.15) is 5.10 Å².